The molecule has 0 amide bonds. The number of nitrogens with one attached hydrogen (secondary N) is 1. The first-order chi connectivity index (χ1) is 9.61. The number of aromatic amines is 1. The van der Waals surface area contributed by atoms with Gasteiger partial charge in [-0.2, -0.15) is 0 Å². The lowest BCUT2D eigenvalue weighted by molar-refractivity contribution is -0.178. The van der Waals surface area contributed by atoms with Gasteiger partial charge in [-0.25, -0.2) is 4.98 Å². The number of hydrogen-bond acceptors (Lipinski definition) is 5. The van der Waals surface area contributed by atoms with Crippen LogP contribution in [0.25, 0.3) is 0 Å². The van der Waals surface area contributed by atoms with E-state index >= 15 is 0 Å². The molecule has 3 rings (SSSR count). The van der Waals surface area contributed by atoms with Gasteiger partial charge in [-0.3, -0.25) is 4.79 Å². The molecule has 0 bridgehead atoms. The highest BCUT2D eigenvalue weighted by molar-refractivity contribution is 6.32. The van der Waals surface area contributed by atoms with E-state index < -0.39 is 0 Å². The third-order valence-corrected chi connectivity index (χ3v) is 4.53. The van der Waals surface area contributed by atoms with Crippen molar-refractivity contribution in [2.45, 2.75) is 37.5 Å². The minimum atomic E-state index is -0.372. The van der Waals surface area contributed by atoms with Crippen molar-refractivity contribution >= 4 is 17.4 Å². The zero-order valence-corrected chi connectivity index (χ0v) is 12.2. The molecule has 1 saturated heterocycles. The average molecular weight is 300 g/mol. The highest BCUT2D eigenvalue weighted by Crippen LogP contribution is 2.38. The Labute approximate surface area is 122 Å². The first-order valence-corrected chi connectivity index (χ1v) is 7.23. The van der Waals surface area contributed by atoms with Crippen LogP contribution in [0, 0.1) is 0 Å². The molecular formula is C13H18ClN3O3. The van der Waals surface area contributed by atoms with Crippen LogP contribution in [-0.2, 0) is 9.47 Å². The van der Waals surface area contributed by atoms with E-state index in [2.05, 4.69) is 9.97 Å². The molecule has 6 nitrogen and oxygen atoms in total. The number of halogens is 1. The SMILES string of the molecule is CN(c1nc[nH]c(=O)c1Cl)C1CCC2(CC1)OCCO2. The lowest BCUT2D eigenvalue weighted by Gasteiger charge is -2.39. The zero-order valence-electron chi connectivity index (χ0n) is 11.4. The van der Waals surface area contributed by atoms with Crippen molar-refractivity contribution in [1.82, 2.24) is 9.97 Å². The quantitative estimate of drug-likeness (QED) is 0.897. The van der Waals surface area contributed by atoms with E-state index in [4.69, 9.17) is 21.1 Å². The summed E-state index contributed by atoms with van der Waals surface area (Å²) in [6.45, 7) is 1.36. The predicted octanol–water partition coefficient (Wildman–Crippen LogP) is 1.55. The molecule has 0 unspecified atom stereocenters. The fourth-order valence-corrected chi connectivity index (χ4v) is 3.24. The molecule has 2 fully saturated rings. The monoisotopic (exact) mass is 299 g/mol. The Morgan fingerprint density at radius 3 is 2.70 bits per heavy atom. The highest BCUT2D eigenvalue weighted by Gasteiger charge is 2.41. The zero-order chi connectivity index (χ0) is 14.2. The van der Waals surface area contributed by atoms with Gasteiger partial charge in [0.25, 0.3) is 5.56 Å². The van der Waals surface area contributed by atoms with Gasteiger partial charge in [-0.1, -0.05) is 11.6 Å². The summed E-state index contributed by atoms with van der Waals surface area (Å²) in [7, 11) is 1.92. The standard InChI is InChI=1S/C13H18ClN3O3/c1-17(11-10(14)12(18)16-8-15-11)9-2-4-13(5-3-9)19-6-7-20-13/h8-9H,2-7H2,1H3,(H,15,16,18). The molecule has 1 aliphatic heterocycles. The van der Waals surface area contributed by atoms with Crippen molar-refractivity contribution < 1.29 is 9.47 Å². The molecule has 2 aliphatic rings. The molecule has 1 aromatic rings. The van der Waals surface area contributed by atoms with Crippen LogP contribution in [0.4, 0.5) is 5.82 Å². The van der Waals surface area contributed by atoms with Gasteiger partial charge in [0.05, 0.1) is 19.5 Å². The molecule has 1 aliphatic carbocycles. The second-order valence-electron chi connectivity index (χ2n) is 5.32. The predicted molar refractivity (Wildman–Crippen MR) is 75.2 cm³/mol. The largest absolute Gasteiger partial charge is 0.355 e. The van der Waals surface area contributed by atoms with E-state index in [9.17, 15) is 4.79 Å². The summed E-state index contributed by atoms with van der Waals surface area (Å²) in [4.78, 5) is 20.2. The lowest BCUT2D eigenvalue weighted by Crippen LogP contribution is -2.43. The number of hydrogen-bond donors (Lipinski definition) is 1. The smallest absolute Gasteiger partial charge is 0.271 e. The molecule has 1 spiro atoms. The summed E-state index contributed by atoms with van der Waals surface area (Å²) in [5.74, 6) is 0.160. The third-order valence-electron chi connectivity index (χ3n) is 4.19. The second kappa shape index (κ2) is 5.35. The highest BCUT2D eigenvalue weighted by atomic mass is 35.5. The van der Waals surface area contributed by atoms with Gasteiger partial charge in [-0.05, 0) is 12.8 Å². The van der Waals surface area contributed by atoms with Gasteiger partial charge in [-0.15, -0.1) is 0 Å². The Morgan fingerprint density at radius 2 is 2.05 bits per heavy atom. The maximum absolute atomic E-state index is 11.5. The number of nitrogens with zero attached hydrogens (tertiary/aromatic N) is 2. The Hall–Kier alpha value is -1.11. The van der Waals surface area contributed by atoms with Gasteiger partial charge in [0.15, 0.2) is 11.6 Å². The summed E-state index contributed by atoms with van der Waals surface area (Å²) >= 11 is 6.03. The molecule has 0 radical (unpaired) electrons. The minimum absolute atomic E-state index is 0.142. The summed E-state index contributed by atoms with van der Waals surface area (Å²) < 4.78 is 11.4. The van der Waals surface area contributed by atoms with Gasteiger partial charge in [0.1, 0.15) is 5.02 Å². The maximum atomic E-state index is 11.5. The molecule has 1 N–H and O–H groups in total. The van der Waals surface area contributed by atoms with Gasteiger partial charge >= 0.3 is 0 Å². The van der Waals surface area contributed by atoms with Crippen LogP contribution >= 0.6 is 11.6 Å². The van der Waals surface area contributed by atoms with Crippen molar-refractivity contribution in [3.63, 3.8) is 0 Å². The Balaban J connectivity index is 1.71. The van der Waals surface area contributed by atoms with Gasteiger partial charge < -0.3 is 19.4 Å². The molecule has 110 valence electrons. The fourth-order valence-electron chi connectivity index (χ4n) is 3.01. The first-order valence-electron chi connectivity index (χ1n) is 6.85. The fraction of sp³-hybridized carbons (Fsp3) is 0.692. The topological polar surface area (TPSA) is 67.5 Å². The minimum Gasteiger partial charge on any atom is -0.355 e. The van der Waals surface area contributed by atoms with Crippen LogP contribution in [0.3, 0.4) is 0 Å². The Morgan fingerprint density at radius 1 is 1.40 bits per heavy atom. The Bertz CT molecular complexity index is 532. The van der Waals surface area contributed by atoms with Crippen molar-refractivity contribution in [2.24, 2.45) is 0 Å². The molecule has 2 heterocycles. The molecule has 0 atom stereocenters. The molecule has 1 aromatic heterocycles. The lowest BCUT2D eigenvalue weighted by atomic mass is 9.89. The van der Waals surface area contributed by atoms with Crippen molar-refractivity contribution in [2.75, 3.05) is 25.2 Å². The summed E-state index contributed by atoms with van der Waals surface area (Å²) in [5, 5.41) is 0.142. The van der Waals surface area contributed by atoms with Crippen LogP contribution in [0.15, 0.2) is 11.1 Å². The van der Waals surface area contributed by atoms with E-state index in [1.54, 1.807) is 0 Å². The second-order valence-corrected chi connectivity index (χ2v) is 5.70. The molecule has 1 saturated carbocycles. The molecule has 0 aromatic carbocycles. The van der Waals surface area contributed by atoms with E-state index in [-0.39, 0.29) is 16.4 Å². The number of rotatable bonds is 2. The van der Waals surface area contributed by atoms with Crippen molar-refractivity contribution in [1.29, 1.82) is 0 Å². The van der Waals surface area contributed by atoms with E-state index in [0.717, 1.165) is 25.7 Å². The van der Waals surface area contributed by atoms with Gasteiger partial charge in [0.2, 0.25) is 0 Å². The molecular weight excluding hydrogens is 282 g/mol. The molecule has 20 heavy (non-hydrogen) atoms. The molecule has 7 heteroatoms. The third kappa shape index (κ3) is 2.43. The summed E-state index contributed by atoms with van der Waals surface area (Å²) in [6, 6.07) is 0.292. The van der Waals surface area contributed by atoms with Crippen LogP contribution in [0.2, 0.25) is 5.02 Å². The first kappa shape index (κ1) is 13.9. The van der Waals surface area contributed by atoms with Crippen molar-refractivity contribution in [3.8, 4) is 0 Å². The maximum Gasteiger partial charge on any atom is 0.271 e. The van der Waals surface area contributed by atoms with Crippen LogP contribution in [0.5, 0.6) is 0 Å². The van der Waals surface area contributed by atoms with E-state index in [1.807, 2.05) is 11.9 Å². The normalized spacial score (nSPS) is 22.3. The number of aromatic nitrogens is 2. The van der Waals surface area contributed by atoms with E-state index in [0.29, 0.717) is 25.1 Å². The van der Waals surface area contributed by atoms with Crippen LogP contribution in [-0.4, -0.2) is 42.1 Å². The van der Waals surface area contributed by atoms with Crippen molar-refractivity contribution in [3.05, 3.63) is 21.7 Å². The average Bonchev–Trinajstić information content (AvgIpc) is 2.90. The summed E-state index contributed by atoms with van der Waals surface area (Å²) in [5.41, 5.74) is -0.307. The van der Waals surface area contributed by atoms with Crippen LogP contribution < -0.4 is 10.5 Å². The summed E-state index contributed by atoms with van der Waals surface area (Å²) in [6.07, 6.45) is 4.97. The number of H-pyrrole nitrogens is 1. The van der Waals surface area contributed by atoms with Gasteiger partial charge in [0, 0.05) is 25.9 Å². The number of anilines is 1. The van der Waals surface area contributed by atoms with Crippen LogP contribution in [0.1, 0.15) is 25.7 Å². The van der Waals surface area contributed by atoms with E-state index in [1.165, 1.54) is 6.33 Å². The Kier molecular flexibility index (Phi) is 3.70. The number of ether oxygens (including phenoxy) is 2.